The fraction of sp³-hybridized carbons (Fsp3) is 0.422. The Morgan fingerprint density at radius 2 is 0.602 bits per heavy atom. The maximum absolute atomic E-state index is 13.5. The third-order valence-corrected chi connectivity index (χ3v) is 19.3. The Morgan fingerprint density at radius 1 is 0.344 bits per heavy atom. The van der Waals surface area contributed by atoms with Crippen LogP contribution in [-0.2, 0) is 32.5 Å². The van der Waals surface area contributed by atoms with Gasteiger partial charge in [-0.1, -0.05) is 223 Å². The molecule has 0 spiro atoms. The SMILES string of the molecule is CC(C)(C)CC(C)(C)c1cc(-c2cc(Cl)cc(Cl)c2)c(O)c(-n2c3ccc(C(C)(C)C)cc3c3cc(C(C)(C)C)ccc32)c1OCCCOc1c(C(C)(C)CC(C)(C)C)cc(-c2cc(Cl)cc(Cl)c2)c(O)c1-n1c2ccc(C(C)(C)C)cc2c2cc(C(C)(C)C)ccc21. The molecular weight excluding hydrogens is 1230 g/mol. The number of aromatic hydroxyl groups is 2. The number of rotatable bonds is 14. The molecule has 93 heavy (non-hydrogen) atoms. The third kappa shape index (κ3) is 14.2. The average molecular weight is 1330 g/mol. The molecule has 2 heterocycles. The van der Waals surface area contributed by atoms with Crippen LogP contribution in [0.4, 0.5) is 0 Å². The van der Waals surface area contributed by atoms with E-state index >= 15 is 0 Å². The number of fused-ring (bicyclic) bond motifs is 6. The second-order valence-corrected chi connectivity index (χ2v) is 35.9. The second-order valence-electron chi connectivity index (χ2n) is 34.2. The van der Waals surface area contributed by atoms with Crippen LogP contribution in [0, 0.1) is 10.8 Å². The summed E-state index contributed by atoms with van der Waals surface area (Å²) in [5.41, 5.74) is 12.2. The first-order valence-corrected chi connectivity index (χ1v) is 34.5. The van der Waals surface area contributed by atoms with Crippen LogP contribution in [0.15, 0.2) is 121 Å². The molecule has 0 aliphatic carbocycles. The summed E-state index contributed by atoms with van der Waals surface area (Å²) in [6.07, 6.45) is 1.99. The summed E-state index contributed by atoms with van der Waals surface area (Å²) < 4.78 is 19.4. The van der Waals surface area contributed by atoms with Crippen molar-refractivity contribution in [3.05, 3.63) is 175 Å². The third-order valence-electron chi connectivity index (χ3n) is 18.4. The van der Waals surface area contributed by atoms with E-state index in [9.17, 15) is 10.2 Å². The highest BCUT2D eigenvalue weighted by atomic mass is 35.5. The van der Waals surface area contributed by atoms with Crippen molar-refractivity contribution in [1.29, 1.82) is 0 Å². The van der Waals surface area contributed by atoms with Crippen molar-refractivity contribution >= 4 is 90.0 Å². The molecule has 2 N–H and O–H groups in total. The van der Waals surface area contributed by atoms with Gasteiger partial charge in [-0.3, -0.25) is 0 Å². The molecule has 0 fully saturated rings. The van der Waals surface area contributed by atoms with Crippen molar-refractivity contribution in [3.8, 4) is 56.6 Å². The molecule has 10 aromatic rings. The van der Waals surface area contributed by atoms with Gasteiger partial charge in [-0.2, -0.15) is 0 Å². The minimum absolute atomic E-state index is 0.0378. The van der Waals surface area contributed by atoms with Gasteiger partial charge in [-0.15, -0.1) is 0 Å². The lowest BCUT2D eigenvalue weighted by Gasteiger charge is -2.36. The van der Waals surface area contributed by atoms with Crippen molar-refractivity contribution in [3.63, 3.8) is 0 Å². The van der Waals surface area contributed by atoms with Gasteiger partial charge in [-0.05, 0) is 187 Å². The van der Waals surface area contributed by atoms with Crippen LogP contribution in [0.25, 0.3) is 77.2 Å². The second kappa shape index (κ2) is 24.4. The maximum atomic E-state index is 13.5. The molecule has 0 radical (unpaired) electrons. The number of benzene rings is 8. The van der Waals surface area contributed by atoms with Crippen LogP contribution in [0.2, 0.25) is 20.1 Å². The lowest BCUT2D eigenvalue weighted by Crippen LogP contribution is -2.27. The topological polar surface area (TPSA) is 68.8 Å². The Hall–Kier alpha value is -6.28. The zero-order valence-electron chi connectivity index (χ0n) is 59.2. The standard InChI is InChI=1S/C83H98Cl4N2O4/c1-76(2,3)46-82(19,20)64-44-58(48-34-54(84)42-55(85)35-48)72(90)70(88-66-28-24-50(78(7,8)9)38-60(66)61-39-51(79(10,11)12)25-29-67(61)88)74(64)92-32-23-33-93-75-65(83(21,22)47-77(4,5)6)45-59(49-36-56(86)43-57(87)37-49)73(91)71(75)89-68-30-26-52(80(13,14)15)40-62(68)63-41-53(81(16,17)18)27-31-69(63)89/h24-31,34-45,90-91H,23,32-33,46-47H2,1-22H3. The molecule has 0 bridgehead atoms. The summed E-state index contributed by atoms with van der Waals surface area (Å²) in [5.74, 6) is 1.22. The smallest absolute Gasteiger partial charge is 0.151 e. The van der Waals surface area contributed by atoms with E-state index in [1.165, 1.54) is 22.3 Å². The fourth-order valence-corrected chi connectivity index (χ4v) is 15.5. The Kier molecular flexibility index (Phi) is 18.3. The summed E-state index contributed by atoms with van der Waals surface area (Å²) in [5, 5.41) is 33.2. The lowest BCUT2D eigenvalue weighted by atomic mass is 9.71. The number of hydrogen-bond donors (Lipinski definition) is 2. The molecule has 10 heteroatoms. The molecule has 0 aliphatic heterocycles. The van der Waals surface area contributed by atoms with Crippen LogP contribution in [-0.4, -0.2) is 32.6 Å². The van der Waals surface area contributed by atoms with Crippen molar-refractivity contribution in [2.75, 3.05) is 13.2 Å². The molecule has 0 aliphatic rings. The maximum Gasteiger partial charge on any atom is 0.151 e. The summed E-state index contributed by atoms with van der Waals surface area (Å²) in [6, 6.07) is 42.1. The minimum Gasteiger partial charge on any atom is -0.505 e. The molecule has 0 saturated heterocycles. The predicted octanol–water partition coefficient (Wildman–Crippen LogP) is 25.7. The molecule has 492 valence electrons. The highest BCUT2D eigenvalue weighted by molar-refractivity contribution is 6.35. The monoisotopic (exact) mass is 1330 g/mol. The van der Waals surface area contributed by atoms with Crippen molar-refractivity contribution in [1.82, 2.24) is 9.13 Å². The first-order chi connectivity index (χ1) is 42.8. The van der Waals surface area contributed by atoms with Gasteiger partial charge in [-0.25, -0.2) is 0 Å². The van der Waals surface area contributed by atoms with Gasteiger partial charge in [0.25, 0.3) is 0 Å². The van der Waals surface area contributed by atoms with E-state index < -0.39 is 10.8 Å². The van der Waals surface area contributed by atoms with E-state index in [0.717, 1.165) is 67.6 Å². The number of ether oxygens (including phenoxy) is 2. The zero-order chi connectivity index (χ0) is 68.4. The van der Waals surface area contributed by atoms with Gasteiger partial charge in [0.05, 0.1) is 35.3 Å². The molecule has 10 rings (SSSR count). The number of aromatic nitrogens is 2. The average Bonchev–Trinajstić information content (AvgIpc) is 1.62. The van der Waals surface area contributed by atoms with Crippen LogP contribution in [0.1, 0.15) is 205 Å². The molecule has 2 aromatic heterocycles. The van der Waals surface area contributed by atoms with Crippen LogP contribution >= 0.6 is 46.4 Å². The Labute approximate surface area is 574 Å². The molecule has 0 saturated carbocycles. The van der Waals surface area contributed by atoms with Gasteiger partial charge in [0.2, 0.25) is 0 Å². The van der Waals surface area contributed by atoms with Crippen LogP contribution in [0.3, 0.4) is 0 Å². The van der Waals surface area contributed by atoms with Gasteiger partial charge >= 0.3 is 0 Å². The van der Waals surface area contributed by atoms with Crippen molar-refractivity contribution in [2.45, 2.75) is 204 Å². The highest BCUT2D eigenvalue weighted by Gasteiger charge is 2.38. The van der Waals surface area contributed by atoms with Gasteiger partial charge in [0.15, 0.2) is 23.0 Å². The fourth-order valence-electron chi connectivity index (χ4n) is 14.5. The predicted molar refractivity (Wildman–Crippen MR) is 400 cm³/mol. The highest BCUT2D eigenvalue weighted by Crippen LogP contribution is 2.55. The van der Waals surface area contributed by atoms with Crippen LogP contribution in [0.5, 0.6) is 23.0 Å². The molecule has 0 unspecified atom stereocenters. The lowest BCUT2D eigenvalue weighted by molar-refractivity contribution is 0.229. The zero-order valence-corrected chi connectivity index (χ0v) is 62.2. The largest absolute Gasteiger partial charge is 0.505 e. The van der Waals surface area contributed by atoms with E-state index in [0.29, 0.717) is 71.6 Å². The number of phenolic OH excluding ortho intramolecular Hbond substituents is 2. The Bertz CT molecular complexity index is 4080. The summed E-state index contributed by atoms with van der Waals surface area (Å²) >= 11 is 27.4. The Morgan fingerprint density at radius 3 is 0.839 bits per heavy atom. The van der Waals surface area contributed by atoms with E-state index in [1.807, 2.05) is 24.3 Å². The number of halogens is 4. The summed E-state index contributed by atoms with van der Waals surface area (Å²) in [7, 11) is 0. The van der Waals surface area contributed by atoms with Gasteiger partial charge in [0, 0.05) is 70.3 Å². The van der Waals surface area contributed by atoms with E-state index in [2.05, 4.69) is 246 Å². The first-order valence-electron chi connectivity index (χ1n) is 33.0. The van der Waals surface area contributed by atoms with Gasteiger partial charge in [0.1, 0.15) is 11.4 Å². The molecule has 0 amide bonds. The summed E-state index contributed by atoms with van der Waals surface area (Å²) in [6.45, 7) is 50.1. The van der Waals surface area contributed by atoms with E-state index in [-0.39, 0.29) is 57.2 Å². The number of nitrogens with zero attached hydrogens (tertiary/aromatic N) is 2. The number of phenols is 2. The van der Waals surface area contributed by atoms with E-state index in [1.54, 1.807) is 12.1 Å². The molecule has 8 aromatic carbocycles. The molecule has 6 nitrogen and oxygen atoms in total. The normalized spacial score (nSPS) is 13.4. The van der Waals surface area contributed by atoms with Crippen molar-refractivity contribution < 1.29 is 19.7 Å². The quantitative estimate of drug-likeness (QED) is 0.106. The summed E-state index contributed by atoms with van der Waals surface area (Å²) in [4.78, 5) is 0. The molecule has 0 atom stereocenters. The minimum atomic E-state index is -0.514. The number of hydrogen-bond acceptors (Lipinski definition) is 4. The van der Waals surface area contributed by atoms with Crippen molar-refractivity contribution in [2.24, 2.45) is 10.8 Å². The Balaban J connectivity index is 1.21. The van der Waals surface area contributed by atoms with Gasteiger partial charge < -0.3 is 28.8 Å². The van der Waals surface area contributed by atoms with Crippen LogP contribution < -0.4 is 9.47 Å². The molecular formula is C83H98Cl4N2O4. The first kappa shape index (κ1) is 69.5. The van der Waals surface area contributed by atoms with E-state index in [4.69, 9.17) is 55.9 Å².